The molecule has 2 aromatic rings. The van der Waals surface area contributed by atoms with Gasteiger partial charge in [0.15, 0.2) is 0 Å². The third kappa shape index (κ3) is 6.24. The summed E-state index contributed by atoms with van der Waals surface area (Å²) in [6.45, 7) is 0. The molecule has 0 saturated carbocycles. The molecule has 2 N–H and O–H groups in total. The number of carbonyl (C=O) groups is 4. The largest absolute Gasteiger partial charge is 2.00 e. The number of carboxylic acid groups (broad SMARTS) is 4. The maximum absolute atomic E-state index is 10.4. The molecule has 2 aromatic carbocycles. The average molecular weight is 355 g/mol. The van der Waals surface area contributed by atoms with E-state index in [-0.39, 0.29) is 45.3 Å². The third-order valence-corrected chi connectivity index (χ3v) is 2.75. The van der Waals surface area contributed by atoms with Crippen molar-refractivity contribution in [1.82, 2.24) is 0 Å². The molecule has 0 bridgehead atoms. The van der Waals surface area contributed by atoms with E-state index in [0.29, 0.717) is 0 Å². The van der Waals surface area contributed by atoms with Crippen LogP contribution in [0.15, 0.2) is 48.5 Å². The van der Waals surface area contributed by atoms with Crippen molar-refractivity contribution in [3.63, 3.8) is 0 Å². The number of benzene rings is 2. The Hall–Kier alpha value is -2.91. The molecule has 0 amide bonds. The molecule has 0 saturated heterocycles. The zero-order chi connectivity index (χ0) is 18.3. The predicted octanol–water partition coefficient (Wildman–Crippen LogP) is -0.884. The summed E-state index contributed by atoms with van der Waals surface area (Å²) in [6.07, 6.45) is 0. The van der Waals surface area contributed by atoms with Gasteiger partial charge in [0.05, 0.1) is 23.1 Å². The van der Waals surface area contributed by atoms with Gasteiger partial charge in [-0.2, -0.15) is 0 Å². The van der Waals surface area contributed by atoms with Crippen LogP contribution in [-0.4, -0.2) is 57.1 Å². The summed E-state index contributed by atoms with van der Waals surface area (Å²) in [5.74, 6) is -5.49. The summed E-state index contributed by atoms with van der Waals surface area (Å²) in [4.78, 5) is 41.6. The molecule has 0 fully saturated rings. The van der Waals surface area contributed by atoms with E-state index < -0.39 is 23.9 Å². The van der Waals surface area contributed by atoms with E-state index in [1.165, 1.54) is 48.5 Å². The molecule has 124 valence electrons. The van der Waals surface area contributed by atoms with E-state index in [1.807, 2.05) is 0 Å². The van der Waals surface area contributed by atoms with Gasteiger partial charge < -0.3 is 30.0 Å². The molecule has 0 aliphatic carbocycles. The second-order valence-electron chi connectivity index (χ2n) is 4.28. The zero-order valence-corrected chi connectivity index (χ0v) is 14.1. The van der Waals surface area contributed by atoms with Crippen LogP contribution in [0.1, 0.15) is 41.4 Å². The fourth-order valence-corrected chi connectivity index (χ4v) is 1.70. The predicted molar refractivity (Wildman–Crippen MR) is 81.2 cm³/mol. The van der Waals surface area contributed by atoms with Gasteiger partial charge in [0, 0.05) is 11.1 Å². The monoisotopic (exact) mass is 354 g/mol. The Labute approximate surface area is 157 Å². The first kappa shape index (κ1) is 22.1. The SMILES string of the molecule is O=C([O-])c1ccccc1C(=O)O.O=C([O-])c1ccccc1C(=O)O.[Mg+2]. The minimum Gasteiger partial charge on any atom is -0.545 e. The number of aromatic carboxylic acids is 4. The van der Waals surface area contributed by atoms with Crippen molar-refractivity contribution in [3.8, 4) is 0 Å². The topological polar surface area (TPSA) is 155 Å². The van der Waals surface area contributed by atoms with Crippen LogP contribution in [0.4, 0.5) is 0 Å². The van der Waals surface area contributed by atoms with Crippen molar-refractivity contribution in [2.75, 3.05) is 0 Å². The molecule has 0 aromatic heterocycles. The summed E-state index contributed by atoms with van der Waals surface area (Å²) in [7, 11) is 0. The maximum Gasteiger partial charge on any atom is 2.00 e. The van der Waals surface area contributed by atoms with E-state index in [0.717, 1.165) is 0 Å². The fourth-order valence-electron chi connectivity index (χ4n) is 1.70. The van der Waals surface area contributed by atoms with Crippen LogP contribution in [-0.2, 0) is 0 Å². The van der Waals surface area contributed by atoms with Crippen molar-refractivity contribution < 1.29 is 39.6 Å². The number of rotatable bonds is 4. The Bertz CT molecular complexity index is 667. The molecule has 0 unspecified atom stereocenters. The van der Waals surface area contributed by atoms with Crippen LogP contribution in [0.2, 0.25) is 0 Å². The van der Waals surface area contributed by atoms with E-state index in [4.69, 9.17) is 10.2 Å². The third-order valence-electron chi connectivity index (χ3n) is 2.75. The van der Waals surface area contributed by atoms with Crippen molar-refractivity contribution in [2.24, 2.45) is 0 Å². The first-order chi connectivity index (χ1) is 11.3. The molecule has 0 heterocycles. The number of carboxylic acids is 4. The maximum atomic E-state index is 10.4. The first-order valence-corrected chi connectivity index (χ1v) is 6.33. The molecule has 0 atom stereocenters. The van der Waals surface area contributed by atoms with Gasteiger partial charge >= 0.3 is 35.0 Å². The molecule has 0 radical (unpaired) electrons. The van der Waals surface area contributed by atoms with Gasteiger partial charge in [-0.1, -0.05) is 36.4 Å². The van der Waals surface area contributed by atoms with E-state index in [2.05, 4.69) is 0 Å². The second kappa shape index (κ2) is 10.1. The van der Waals surface area contributed by atoms with Gasteiger partial charge in [-0.05, 0) is 12.1 Å². The van der Waals surface area contributed by atoms with E-state index >= 15 is 0 Å². The van der Waals surface area contributed by atoms with Gasteiger partial charge in [-0.3, -0.25) is 0 Å². The molecule has 0 aliphatic rings. The Balaban J connectivity index is 0.000000443. The van der Waals surface area contributed by atoms with E-state index in [1.54, 1.807) is 0 Å². The summed E-state index contributed by atoms with van der Waals surface area (Å²) < 4.78 is 0. The van der Waals surface area contributed by atoms with Crippen LogP contribution in [0.3, 0.4) is 0 Å². The molecular formula is C16H10MgO8. The van der Waals surface area contributed by atoms with Crippen LogP contribution in [0, 0.1) is 0 Å². The summed E-state index contributed by atoms with van der Waals surface area (Å²) in [6, 6.07) is 10.6. The summed E-state index contributed by atoms with van der Waals surface area (Å²) in [5.41, 5.74) is -1.11. The van der Waals surface area contributed by atoms with Crippen molar-refractivity contribution in [2.45, 2.75) is 0 Å². The van der Waals surface area contributed by atoms with Gasteiger partial charge in [0.2, 0.25) is 0 Å². The molecule has 0 aliphatic heterocycles. The second-order valence-corrected chi connectivity index (χ2v) is 4.28. The Morgan fingerprint density at radius 2 is 0.840 bits per heavy atom. The van der Waals surface area contributed by atoms with Gasteiger partial charge in [-0.15, -0.1) is 0 Å². The number of hydrogen-bond donors (Lipinski definition) is 2. The molecular weight excluding hydrogens is 344 g/mol. The minimum atomic E-state index is -1.48. The van der Waals surface area contributed by atoms with Crippen LogP contribution in [0.25, 0.3) is 0 Å². The van der Waals surface area contributed by atoms with Crippen molar-refractivity contribution in [1.29, 1.82) is 0 Å². The fraction of sp³-hybridized carbons (Fsp3) is 0. The van der Waals surface area contributed by atoms with Crippen LogP contribution >= 0.6 is 0 Å². The molecule has 9 heteroatoms. The molecule has 8 nitrogen and oxygen atoms in total. The zero-order valence-electron chi connectivity index (χ0n) is 12.7. The quantitative estimate of drug-likeness (QED) is 0.670. The number of hydrogen-bond acceptors (Lipinski definition) is 6. The minimum absolute atomic E-state index is 0. The van der Waals surface area contributed by atoms with Gasteiger partial charge in [0.25, 0.3) is 0 Å². The standard InChI is InChI=1S/2C8H6O4.Mg/c2*9-7(10)5-3-1-2-4-6(5)8(11)12;/h2*1-4H,(H,9,10)(H,11,12);/q;;+2/p-2. The Morgan fingerprint density at radius 3 is 1.00 bits per heavy atom. The number of carbonyl (C=O) groups excluding carboxylic acids is 2. The Kier molecular flexibility index (Phi) is 8.88. The van der Waals surface area contributed by atoms with Crippen molar-refractivity contribution >= 4 is 46.9 Å². The smallest absolute Gasteiger partial charge is 0.545 e. The van der Waals surface area contributed by atoms with Crippen LogP contribution < -0.4 is 10.2 Å². The van der Waals surface area contributed by atoms with Crippen LogP contribution in [0.5, 0.6) is 0 Å². The normalized spacial score (nSPS) is 8.96. The summed E-state index contributed by atoms with van der Waals surface area (Å²) >= 11 is 0. The first-order valence-electron chi connectivity index (χ1n) is 6.33. The van der Waals surface area contributed by atoms with E-state index in [9.17, 15) is 29.4 Å². The molecule has 0 spiro atoms. The van der Waals surface area contributed by atoms with Gasteiger partial charge in [-0.25, -0.2) is 9.59 Å². The summed E-state index contributed by atoms with van der Waals surface area (Å²) in [5, 5.41) is 37.8. The molecule has 2 rings (SSSR count). The van der Waals surface area contributed by atoms with Gasteiger partial charge in [0.1, 0.15) is 0 Å². The van der Waals surface area contributed by atoms with Crippen molar-refractivity contribution in [3.05, 3.63) is 70.8 Å². The average Bonchev–Trinajstić information content (AvgIpc) is 2.55. The molecule has 25 heavy (non-hydrogen) atoms. The Morgan fingerprint density at radius 1 is 0.600 bits per heavy atom.